The van der Waals surface area contributed by atoms with Gasteiger partial charge in [0, 0.05) is 18.3 Å². The molecule has 3 rings (SSSR count). The predicted molar refractivity (Wildman–Crippen MR) is 63.0 cm³/mol. The molecule has 0 aliphatic heterocycles. The Bertz CT molecular complexity index is 476. The molecule has 2 N–H and O–H groups in total. The van der Waals surface area contributed by atoms with Crippen LogP contribution < -0.4 is 5.73 Å². The van der Waals surface area contributed by atoms with Gasteiger partial charge >= 0.3 is 0 Å². The second-order valence-corrected chi connectivity index (χ2v) is 4.36. The van der Waals surface area contributed by atoms with E-state index in [9.17, 15) is 0 Å². The maximum atomic E-state index is 5.59. The molecule has 0 amide bonds. The number of aromatic nitrogens is 2. The molecule has 3 heteroatoms. The number of nitrogens with two attached hydrogens (primary N) is 1. The molecule has 0 fully saturated rings. The van der Waals surface area contributed by atoms with E-state index in [1.165, 1.54) is 11.1 Å². The van der Waals surface area contributed by atoms with Gasteiger partial charge in [-0.1, -0.05) is 24.3 Å². The highest BCUT2D eigenvalue weighted by atomic mass is 15.3. The van der Waals surface area contributed by atoms with Gasteiger partial charge in [-0.2, -0.15) is 5.10 Å². The van der Waals surface area contributed by atoms with Crippen molar-refractivity contribution in [3.05, 3.63) is 53.3 Å². The summed E-state index contributed by atoms with van der Waals surface area (Å²) in [5.74, 6) is 0. The molecular weight excluding hydrogens is 198 g/mol. The first-order valence-corrected chi connectivity index (χ1v) is 5.66. The van der Waals surface area contributed by atoms with Crippen LogP contribution in [-0.4, -0.2) is 9.78 Å². The monoisotopic (exact) mass is 213 g/mol. The molecule has 0 bridgehead atoms. The van der Waals surface area contributed by atoms with E-state index < -0.39 is 0 Å². The minimum atomic E-state index is 0.470. The number of benzene rings is 1. The number of fused-ring (bicyclic) bond motifs is 1. The third-order valence-corrected chi connectivity index (χ3v) is 3.29. The Labute approximate surface area is 94.9 Å². The Morgan fingerprint density at radius 3 is 2.50 bits per heavy atom. The summed E-state index contributed by atoms with van der Waals surface area (Å²) in [5, 5.41) is 4.39. The zero-order valence-corrected chi connectivity index (χ0v) is 9.13. The van der Waals surface area contributed by atoms with E-state index in [1.54, 1.807) is 0 Å². The Morgan fingerprint density at radius 1 is 1.25 bits per heavy atom. The zero-order chi connectivity index (χ0) is 11.0. The van der Waals surface area contributed by atoms with E-state index in [0.29, 0.717) is 12.6 Å². The third kappa shape index (κ3) is 1.53. The summed E-state index contributed by atoms with van der Waals surface area (Å²) in [6.45, 7) is 0.569. The zero-order valence-electron chi connectivity index (χ0n) is 9.13. The van der Waals surface area contributed by atoms with Gasteiger partial charge in [0.25, 0.3) is 0 Å². The van der Waals surface area contributed by atoms with Crippen molar-refractivity contribution in [3.8, 4) is 0 Å². The molecule has 3 nitrogen and oxygen atoms in total. The molecule has 0 saturated carbocycles. The lowest BCUT2D eigenvalue weighted by molar-refractivity contribution is 0.475. The van der Waals surface area contributed by atoms with E-state index in [1.807, 2.05) is 6.20 Å². The second-order valence-electron chi connectivity index (χ2n) is 4.36. The van der Waals surface area contributed by atoms with Crippen LogP contribution in [0.5, 0.6) is 0 Å². The van der Waals surface area contributed by atoms with Crippen LogP contribution in [0.2, 0.25) is 0 Å². The van der Waals surface area contributed by atoms with Crippen molar-refractivity contribution < 1.29 is 0 Å². The number of rotatable bonds is 2. The standard InChI is InChI=1S/C13H15N3/c14-7-10-8-15-16(9-10)13-5-11-3-1-2-4-12(11)6-13/h1-4,8-9,13H,5-7,14H2. The average molecular weight is 213 g/mol. The summed E-state index contributed by atoms with van der Waals surface area (Å²) >= 11 is 0. The van der Waals surface area contributed by atoms with Crippen LogP contribution >= 0.6 is 0 Å². The summed E-state index contributed by atoms with van der Waals surface area (Å²) in [6, 6.07) is 9.11. The van der Waals surface area contributed by atoms with Gasteiger partial charge < -0.3 is 5.73 Å². The van der Waals surface area contributed by atoms with Gasteiger partial charge in [-0.25, -0.2) is 0 Å². The molecule has 1 aliphatic rings. The highest BCUT2D eigenvalue weighted by Crippen LogP contribution is 2.29. The molecule has 82 valence electrons. The molecule has 0 unspecified atom stereocenters. The van der Waals surface area contributed by atoms with Crippen LogP contribution in [-0.2, 0) is 19.4 Å². The molecule has 1 aromatic carbocycles. The Kier molecular flexibility index (Phi) is 2.26. The Hall–Kier alpha value is -1.61. The number of hydrogen-bond acceptors (Lipinski definition) is 2. The predicted octanol–water partition coefficient (Wildman–Crippen LogP) is 1.68. The van der Waals surface area contributed by atoms with E-state index in [-0.39, 0.29) is 0 Å². The van der Waals surface area contributed by atoms with Crippen molar-refractivity contribution in [1.29, 1.82) is 0 Å². The van der Waals surface area contributed by atoms with Gasteiger partial charge in [0.2, 0.25) is 0 Å². The highest BCUT2D eigenvalue weighted by molar-refractivity contribution is 5.32. The highest BCUT2D eigenvalue weighted by Gasteiger charge is 2.22. The van der Waals surface area contributed by atoms with Crippen molar-refractivity contribution in [2.45, 2.75) is 25.4 Å². The van der Waals surface area contributed by atoms with Gasteiger partial charge in [0.1, 0.15) is 0 Å². The van der Waals surface area contributed by atoms with Crippen molar-refractivity contribution in [1.82, 2.24) is 9.78 Å². The number of nitrogens with zero attached hydrogens (tertiary/aromatic N) is 2. The summed E-state index contributed by atoms with van der Waals surface area (Å²) in [5.41, 5.74) is 9.61. The minimum absolute atomic E-state index is 0.470. The van der Waals surface area contributed by atoms with Crippen molar-refractivity contribution in [2.75, 3.05) is 0 Å². The quantitative estimate of drug-likeness (QED) is 0.825. The lowest BCUT2D eigenvalue weighted by Gasteiger charge is -2.08. The first-order chi connectivity index (χ1) is 7.86. The average Bonchev–Trinajstić information content (AvgIpc) is 2.95. The SMILES string of the molecule is NCc1cnn(C2Cc3ccccc3C2)c1. The minimum Gasteiger partial charge on any atom is -0.326 e. The van der Waals surface area contributed by atoms with E-state index >= 15 is 0 Å². The summed E-state index contributed by atoms with van der Waals surface area (Å²) < 4.78 is 2.06. The normalized spacial score (nSPS) is 15.3. The lowest BCUT2D eigenvalue weighted by atomic mass is 10.1. The van der Waals surface area contributed by atoms with E-state index in [2.05, 4.69) is 40.2 Å². The second kappa shape index (κ2) is 3.76. The smallest absolute Gasteiger partial charge is 0.0600 e. The summed E-state index contributed by atoms with van der Waals surface area (Å²) in [6.07, 6.45) is 6.10. The van der Waals surface area contributed by atoms with Crippen molar-refractivity contribution in [3.63, 3.8) is 0 Å². The van der Waals surface area contributed by atoms with Crippen molar-refractivity contribution >= 4 is 0 Å². The molecule has 1 aliphatic carbocycles. The van der Waals surface area contributed by atoms with E-state index in [4.69, 9.17) is 5.73 Å². The molecule has 16 heavy (non-hydrogen) atoms. The fraction of sp³-hybridized carbons (Fsp3) is 0.308. The third-order valence-electron chi connectivity index (χ3n) is 3.29. The van der Waals surface area contributed by atoms with Gasteiger partial charge in [-0.05, 0) is 24.0 Å². The van der Waals surface area contributed by atoms with Crippen molar-refractivity contribution in [2.24, 2.45) is 5.73 Å². The van der Waals surface area contributed by atoms with Crippen LogP contribution in [0.15, 0.2) is 36.7 Å². The molecular formula is C13H15N3. The Morgan fingerprint density at radius 2 is 1.94 bits per heavy atom. The van der Waals surface area contributed by atoms with Crippen LogP contribution in [0.3, 0.4) is 0 Å². The molecule has 0 spiro atoms. The molecule has 0 saturated heterocycles. The molecule has 2 aromatic rings. The fourth-order valence-electron chi connectivity index (χ4n) is 2.41. The Balaban J connectivity index is 1.85. The van der Waals surface area contributed by atoms with E-state index in [0.717, 1.165) is 18.4 Å². The van der Waals surface area contributed by atoms with Crippen LogP contribution in [0.1, 0.15) is 22.7 Å². The fourth-order valence-corrected chi connectivity index (χ4v) is 2.41. The van der Waals surface area contributed by atoms with Crippen LogP contribution in [0, 0.1) is 0 Å². The van der Waals surface area contributed by atoms with Gasteiger partial charge in [0.05, 0.1) is 12.2 Å². The molecule has 1 heterocycles. The first-order valence-electron chi connectivity index (χ1n) is 5.66. The molecule has 1 aromatic heterocycles. The summed E-state index contributed by atoms with van der Waals surface area (Å²) in [4.78, 5) is 0. The lowest BCUT2D eigenvalue weighted by Crippen LogP contribution is -2.09. The molecule has 0 radical (unpaired) electrons. The summed E-state index contributed by atoms with van der Waals surface area (Å²) in [7, 11) is 0. The number of hydrogen-bond donors (Lipinski definition) is 1. The van der Waals surface area contributed by atoms with Crippen LogP contribution in [0.4, 0.5) is 0 Å². The molecule has 0 atom stereocenters. The van der Waals surface area contributed by atoms with Gasteiger partial charge in [-0.15, -0.1) is 0 Å². The largest absolute Gasteiger partial charge is 0.326 e. The first kappa shape index (κ1) is 9.60. The maximum absolute atomic E-state index is 5.59. The van der Waals surface area contributed by atoms with Gasteiger partial charge in [-0.3, -0.25) is 4.68 Å². The maximum Gasteiger partial charge on any atom is 0.0600 e. The van der Waals surface area contributed by atoms with Crippen LogP contribution in [0.25, 0.3) is 0 Å². The van der Waals surface area contributed by atoms with Gasteiger partial charge in [0.15, 0.2) is 0 Å². The topological polar surface area (TPSA) is 43.8 Å².